The molecule has 1 amide bonds. The number of rotatable bonds is 5. The van der Waals surface area contributed by atoms with Crippen LogP contribution in [0.15, 0.2) is 47.7 Å². The minimum absolute atomic E-state index is 0.0235. The second-order valence-corrected chi connectivity index (χ2v) is 8.03. The normalized spacial score (nSPS) is 18.5. The third kappa shape index (κ3) is 3.71. The minimum atomic E-state index is -0.547. The van der Waals surface area contributed by atoms with E-state index < -0.39 is 10.8 Å². The Kier molecular flexibility index (Phi) is 5.88. The van der Waals surface area contributed by atoms with Crippen molar-refractivity contribution in [3.8, 4) is 11.5 Å². The number of nitro benzene ring substituents is 1. The summed E-state index contributed by atoms with van der Waals surface area (Å²) in [4.78, 5) is 38.4. The van der Waals surface area contributed by atoms with Crippen LogP contribution in [0.2, 0.25) is 5.02 Å². The maximum atomic E-state index is 13.4. The summed E-state index contributed by atoms with van der Waals surface area (Å²) in [6.45, 7) is 0. The third-order valence-electron chi connectivity index (χ3n) is 5.87. The number of hydrogen-bond donors (Lipinski definition) is 0. The number of benzene rings is 2. The fraction of sp³-hybridized carbons (Fsp3) is 0.304. The molecule has 1 heterocycles. The second-order valence-electron chi connectivity index (χ2n) is 7.62. The summed E-state index contributed by atoms with van der Waals surface area (Å²) in [7, 11) is 3.08. The number of carbonyl (C=O) groups excluding carboxylic acids is 2. The van der Waals surface area contributed by atoms with E-state index in [1.807, 2.05) is 6.07 Å². The Bertz CT molecular complexity index is 1160. The van der Waals surface area contributed by atoms with Gasteiger partial charge in [-0.05, 0) is 25.0 Å². The molecule has 0 fully saturated rings. The molecule has 32 heavy (non-hydrogen) atoms. The SMILES string of the molecule is COc1ccc(C2CC(=O)N(c3ccc([N+](=O)[O-])cc3Cl)C3=C2C(=O)CCC3)c(OC)c1. The predicted molar refractivity (Wildman–Crippen MR) is 118 cm³/mol. The van der Waals surface area contributed by atoms with E-state index in [0.717, 1.165) is 5.56 Å². The lowest BCUT2D eigenvalue weighted by Gasteiger charge is -2.38. The Balaban J connectivity index is 1.86. The number of amides is 1. The molecule has 2 aromatic carbocycles. The van der Waals surface area contributed by atoms with Crippen LogP contribution in [0, 0.1) is 10.1 Å². The highest BCUT2D eigenvalue weighted by Crippen LogP contribution is 2.47. The topological polar surface area (TPSA) is 99.0 Å². The zero-order valence-electron chi connectivity index (χ0n) is 17.6. The molecule has 1 atom stereocenters. The van der Waals surface area contributed by atoms with Gasteiger partial charge in [0.25, 0.3) is 5.69 Å². The highest BCUT2D eigenvalue weighted by atomic mass is 35.5. The van der Waals surface area contributed by atoms with Crippen LogP contribution in [0.25, 0.3) is 0 Å². The van der Waals surface area contributed by atoms with Crippen LogP contribution in [0.5, 0.6) is 11.5 Å². The number of ketones is 1. The lowest BCUT2D eigenvalue weighted by atomic mass is 9.76. The van der Waals surface area contributed by atoms with E-state index >= 15 is 0 Å². The molecule has 0 saturated heterocycles. The van der Waals surface area contributed by atoms with Crippen molar-refractivity contribution in [1.82, 2.24) is 0 Å². The molecule has 8 nitrogen and oxygen atoms in total. The van der Waals surface area contributed by atoms with Crippen LogP contribution in [0.1, 0.15) is 37.2 Å². The van der Waals surface area contributed by atoms with E-state index in [1.165, 1.54) is 30.2 Å². The molecule has 0 N–H and O–H groups in total. The van der Waals surface area contributed by atoms with E-state index in [9.17, 15) is 19.7 Å². The third-order valence-corrected chi connectivity index (χ3v) is 6.18. The van der Waals surface area contributed by atoms with Crippen molar-refractivity contribution >= 4 is 34.7 Å². The van der Waals surface area contributed by atoms with Gasteiger partial charge in [0.1, 0.15) is 11.5 Å². The Labute approximate surface area is 189 Å². The first-order chi connectivity index (χ1) is 15.3. The van der Waals surface area contributed by atoms with E-state index in [0.29, 0.717) is 47.7 Å². The zero-order chi connectivity index (χ0) is 23.0. The number of non-ortho nitro benzene ring substituents is 1. The minimum Gasteiger partial charge on any atom is -0.497 e. The van der Waals surface area contributed by atoms with Crippen LogP contribution in [-0.4, -0.2) is 30.8 Å². The number of hydrogen-bond acceptors (Lipinski definition) is 6. The van der Waals surface area contributed by atoms with E-state index in [1.54, 1.807) is 19.2 Å². The van der Waals surface area contributed by atoms with Gasteiger partial charge in [-0.3, -0.25) is 24.6 Å². The van der Waals surface area contributed by atoms with Crippen molar-refractivity contribution in [1.29, 1.82) is 0 Å². The Morgan fingerprint density at radius 3 is 2.53 bits per heavy atom. The van der Waals surface area contributed by atoms with Gasteiger partial charge in [-0.2, -0.15) is 0 Å². The van der Waals surface area contributed by atoms with Gasteiger partial charge < -0.3 is 9.47 Å². The summed E-state index contributed by atoms with van der Waals surface area (Å²) in [5, 5.41) is 11.2. The number of methoxy groups -OCH3 is 2. The molecule has 9 heteroatoms. The zero-order valence-corrected chi connectivity index (χ0v) is 18.3. The average Bonchev–Trinajstić information content (AvgIpc) is 2.78. The molecule has 166 valence electrons. The number of halogens is 1. The van der Waals surface area contributed by atoms with Crippen molar-refractivity contribution in [2.24, 2.45) is 0 Å². The van der Waals surface area contributed by atoms with Crippen molar-refractivity contribution in [2.45, 2.75) is 31.6 Å². The molecular formula is C23H21ClN2O6. The fourth-order valence-corrected chi connectivity index (χ4v) is 4.69. The first-order valence-corrected chi connectivity index (χ1v) is 10.5. The van der Waals surface area contributed by atoms with Crippen molar-refractivity contribution in [3.05, 3.63) is 68.4 Å². The summed E-state index contributed by atoms with van der Waals surface area (Å²) in [5.74, 6) is 0.423. The van der Waals surface area contributed by atoms with Crippen molar-refractivity contribution < 1.29 is 24.0 Å². The molecule has 1 aliphatic carbocycles. The molecule has 0 saturated carbocycles. The van der Waals surface area contributed by atoms with Crippen LogP contribution in [0.3, 0.4) is 0 Å². The van der Waals surface area contributed by atoms with Gasteiger partial charge in [0, 0.05) is 53.8 Å². The summed E-state index contributed by atoms with van der Waals surface area (Å²) >= 11 is 6.33. The Morgan fingerprint density at radius 2 is 1.88 bits per heavy atom. The van der Waals surface area contributed by atoms with Gasteiger partial charge in [0.15, 0.2) is 5.78 Å². The van der Waals surface area contributed by atoms with Gasteiger partial charge in [0.2, 0.25) is 5.91 Å². The monoisotopic (exact) mass is 456 g/mol. The molecular weight excluding hydrogens is 436 g/mol. The number of ether oxygens (including phenoxy) is 2. The largest absolute Gasteiger partial charge is 0.497 e. The lowest BCUT2D eigenvalue weighted by Crippen LogP contribution is -2.40. The number of Topliss-reactive ketones (excluding diaryl/α,β-unsaturated/α-hetero) is 1. The Morgan fingerprint density at radius 1 is 1.09 bits per heavy atom. The number of anilines is 1. The van der Waals surface area contributed by atoms with Crippen molar-refractivity contribution in [3.63, 3.8) is 0 Å². The van der Waals surface area contributed by atoms with E-state index in [4.69, 9.17) is 21.1 Å². The second kappa shape index (κ2) is 8.63. The van der Waals surface area contributed by atoms with Gasteiger partial charge in [-0.1, -0.05) is 17.7 Å². The summed E-state index contributed by atoms with van der Waals surface area (Å²) in [5.41, 5.74) is 2.06. The van der Waals surface area contributed by atoms with Gasteiger partial charge in [-0.15, -0.1) is 0 Å². The molecule has 1 unspecified atom stereocenters. The maximum Gasteiger partial charge on any atom is 0.271 e. The maximum absolute atomic E-state index is 13.4. The smallest absolute Gasteiger partial charge is 0.271 e. The fourth-order valence-electron chi connectivity index (χ4n) is 4.44. The number of carbonyl (C=O) groups is 2. The van der Waals surface area contributed by atoms with Gasteiger partial charge >= 0.3 is 0 Å². The van der Waals surface area contributed by atoms with Crippen LogP contribution in [0.4, 0.5) is 11.4 Å². The van der Waals surface area contributed by atoms with E-state index in [2.05, 4.69) is 0 Å². The molecule has 2 aromatic rings. The molecule has 0 bridgehead atoms. The molecule has 0 radical (unpaired) electrons. The average molecular weight is 457 g/mol. The lowest BCUT2D eigenvalue weighted by molar-refractivity contribution is -0.384. The molecule has 2 aliphatic rings. The standard InChI is InChI=1S/C23H21ClN2O6/c1-31-14-7-8-15(21(11-14)32-2)16-12-22(28)25(19-4-3-5-20(27)23(16)19)18-9-6-13(26(29)30)10-17(18)24/h6-11,16H,3-5,12H2,1-2H3. The van der Waals surface area contributed by atoms with Crippen LogP contribution in [-0.2, 0) is 9.59 Å². The summed E-state index contributed by atoms with van der Waals surface area (Å²) < 4.78 is 10.8. The molecule has 4 rings (SSSR count). The molecule has 0 aromatic heterocycles. The quantitative estimate of drug-likeness (QED) is 0.473. The van der Waals surface area contributed by atoms with Gasteiger partial charge in [0.05, 0.1) is 29.9 Å². The van der Waals surface area contributed by atoms with Crippen LogP contribution >= 0.6 is 11.6 Å². The van der Waals surface area contributed by atoms with Gasteiger partial charge in [-0.25, -0.2) is 0 Å². The first-order valence-electron chi connectivity index (χ1n) is 10.1. The highest BCUT2D eigenvalue weighted by molar-refractivity contribution is 6.34. The predicted octanol–water partition coefficient (Wildman–Crippen LogP) is 4.79. The molecule has 0 spiro atoms. The molecule has 1 aliphatic heterocycles. The highest BCUT2D eigenvalue weighted by Gasteiger charge is 2.41. The Hall–Kier alpha value is -3.39. The van der Waals surface area contributed by atoms with E-state index in [-0.39, 0.29) is 28.8 Å². The first kappa shape index (κ1) is 21.8. The summed E-state index contributed by atoms with van der Waals surface area (Å²) in [6.07, 6.45) is 1.57. The number of allylic oxidation sites excluding steroid dienone is 2. The number of nitro groups is 1. The van der Waals surface area contributed by atoms with Crippen molar-refractivity contribution in [2.75, 3.05) is 19.1 Å². The number of nitrogens with zero attached hydrogens (tertiary/aromatic N) is 2. The van der Waals surface area contributed by atoms with Crippen LogP contribution < -0.4 is 14.4 Å². The summed E-state index contributed by atoms with van der Waals surface area (Å²) in [6, 6.07) is 9.29.